The minimum Gasteiger partial charge on any atom is -0.395 e. The van der Waals surface area contributed by atoms with E-state index >= 15 is 0 Å². The molecule has 0 spiro atoms. The fraction of sp³-hybridized carbons (Fsp3) is 0.250. The number of aliphatic hydroxyl groups excluding tert-OH is 1. The molecule has 0 saturated carbocycles. The van der Waals surface area contributed by atoms with Gasteiger partial charge in [0, 0.05) is 12.2 Å². The minimum atomic E-state index is -4.67. The molecule has 11 heteroatoms. The molecular weight excluding hydrogens is 300 g/mol. The summed E-state index contributed by atoms with van der Waals surface area (Å²) in [5.41, 5.74) is 0.742. The fourth-order valence-corrected chi connectivity index (χ4v) is 1.48. The third kappa shape index (κ3) is 10.4. The molecule has 19 heavy (non-hydrogen) atoms. The van der Waals surface area contributed by atoms with Gasteiger partial charge in [0.05, 0.1) is 11.5 Å². The van der Waals surface area contributed by atoms with Crippen molar-refractivity contribution in [3.63, 3.8) is 0 Å². The van der Waals surface area contributed by atoms with Crippen LogP contribution in [0.2, 0.25) is 0 Å². The molecule has 1 aromatic carbocycles. The highest BCUT2D eigenvalue weighted by molar-refractivity contribution is 7.89. The number of hydrogen-bond donors (Lipinski definition) is 5. The summed E-state index contributed by atoms with van der Waals surface area (Å²) in [4.78, 5) is 0.0760. The summed E-state index contributed by atoms with van der Waals surface area (Å²) in [7, 11) is -8.28. The van der Waals surface area contributed by atoms with E-state index < -0.39 is 20.4 Å². The summed E-state index contributed by atoms with van der Waals surface area (Å²) >= 11 is 0. The molecule has 110 valence electrons. The van der Waals surface area contributed by atoms with Gasteiger partial charge in [-0.05, 0) is 24.3 Å². The number of aliphatic hydroxyl groups is 1. The van der Waals surface area contributed by atoms with Gasteiger partial charge in [0.25, 0.3) is 0 Å². The molecule has 0 atom stereocenters. The summed E-state index contributed by atoms with van der Waals surface area (Å²) in [6.45, 7) is 0.450. The minimum absolute atomic E-state index is 0.0247. The van der Waals surface area contributed by atoms with Crippen LogP contribution < -0.4 is 10.5 Å². The monoisotopic (exact) mass is 314 g/mol. The number of benzene rings is 1. The van der Waals surface area contributed by atoms with Crippen molar-refractivity contribution >= 4 is 26.1 Å². The second-order valence-corrected chi connectivity index (χ2v) is 5.62. The largest absolute Gasteiger partial charge is 0.395 e. The molecule has 0 heterocycles. The van der Waals surface area contributed by atoms with Gasteiger partial charge in [-0.2, -0.15) is 8.42 Å². The molecular formula is C8H14N2O7S2. The predicted molar refractivity (Wildman–Crippen MR) is 67.6 cm³/mol. The maximum Gasteiger partial charge on any atom is 0.394 e. The zero-order valence-corrected chi connectivity index (χ0v) is 11.2. The Bertz CT molecular complexity index is 572. The van der Waals surface area contributed by atoms with E-state index in [1.54, 1.807) is 12.1 Å². The molecule has 1 aromatic rings. The highest BCUT2D eigenvalue weighted by atomic mass is 32.3. The lowest BCUT2D eigenvalue weighted by atomic mass is 10.3. The first-order chi connectivity index (χ1) is 8.54. The van der Waals surface area contributed by atoms with Crippen LogP contribution in [0.25, 0.3) is 0 Å². The Balaban J connectivity index is 0.000000555. The summed E-state index contributed by atoms with van der Waals surface area (Å²) in [6.07, 6.45) is 0. The normalized spacial score (nSPS) is 11.4. The van der Waals surface area contributed by atoms with Gasteiger partial charge < -0.3 is 10.4 Å². The predicted octanol–water partition coefficient (Wildman–Crippen LogP) is -0.915. The molecule has 0 aliphatic rings. The summed E-state index contributed by atoms with van der Waals surface area (Å²) in [6, 6.07) is 6.01. The van der Waals surface area contributed by atoms with Gasteiger partial charge in [-0.3, -0.25) is 9.11 Å². The Hall–Kier alpha value is -1.24. The molecule has 0 aliphatic heterocycles. The van der Waals surface area contributed by atoms with Gasteiger partial charge in [0.2, 0.25) is 10.0 Å². The Morgan fingerprint density at radius 1 is 1.05 bits per heavy atom. The quantitative estimate of drug-likeness (QED) is 0.445. The average Bonchev–Trinajstić information content (AvgIpc) is 2.23. The SMILES string of the molecule is NS(=O)(=O)c1ccc(NCCO)cc1.O=S(=O)(O)O. The highest BCUT2D eigenvalue weighted by Crippen LogP contribution is 2.11. The van der Waals surface area contributed by atoms with Crippen LogP contribution in [-0.4, -0.2) is 44.2 Å². The first-order valence-electron chi connectivity index (χ1n) is 4.71. The first-order valence-corrected chi connectivity index (χ1v) is 7.66. The molecule has 9 nitrogen and oxygen atoms in total. The zero-order valence-electron chi connectivity index (χ0n) is 9.59. The number of nitrogens with two attached hydrogens (primary N) is 1. The Morgan fingerprint density at radius 2 is 1.47 bits per heavy atom. The van der Waals surface area contributed by atoms with Crippen LogP contribution in [0.4, 0.5) is 5.69 Å². The number of hydrogen-bond acceptors (Lipinski definition) is 6. The van der Waals surface area contributed by atoms with Crippen molar-refractivity contribution in [2.24, 2.45) is 5.14 Å². The Kier molecular flexibility index (Phi) is 6.89. The smallest absolute Gasteiger partial charge is 0.394 e. The number of rotatable bonds is 4. The topological polar surface area (TPSA) is 167 Å². The van der Waals surface area contributed by atoms with Crippen molar-refractivity contribution in [1.82, 2.24) is 0 Å². The van der Waals surface area contributed by atoms with Crippen LogP contribution >= 0.6 is 0 Å². The number of anilines is 1. The van der Waals surface area contributed by atoms with Crippen molar-refractivity contribution in [2.75, 3.05) is 18.5 Å². The van der Waals surface area contributed by atoms with Crippen molar-refractivity contribution in [1.29, 1.82) is 0 Å². The van der Waals surface area contributed by atoms with E-state index in [0.29, 0.717) is 6.54 Å². The lowest BCUT2D eigenvalue weighted by Crippen LogP contribution is -2.12. The van der Waals surface area contributed by atoms with Crippen LogP contribution in [0.1, 0.15) is 0 Å². The molecule has 0 bridgehead atoms. The van der Waals surface area contributed by atoms with Gasteiger partial charge in [-0.15, -0.1) is 0 Å². The van der Waals surface area contributed by atoms with Crippen LogP contribution in [0.15, 0.2) is 29.2 Å². The van der Waals surface area contributed by atoms with Crippen LogP contribution in [-0.2, 0) is 20.4 Å². The van der Waals surface area contributed by atoms with Gasteiger partial charge >= 0.3 is 10.4 Å². The second-order valence-electron chi connectivity index (χ2n) is 3.17. The van der Waals surface area contributed by atoms with Gasteiger partial charge in [-0.1, -0.05) is 0 Å². The third-order valence-corrected chi connectivity index (χ3v) is 2.55. The van der Waals surface area contributed by atoms with Crippen molar-refractivity contribution in [2.45, 2.75) is 4.90 Å². The van der Waals surface area contributed by atoms with E-state index in [1.807, 2.05) is 0 Å². The van der Waals surface area contributed by atoms with Crippen molar-refractivity contribution in [3.05, 3.63) is 24.3 Å². The molecule has 1 rings (SSSR count). The molecule has 6 N–H and O–H groups in total. The number of nitrogens with one attached hydrogen (secondary N) is 1. The number of primary sulfonamides is 1. The lowest BCUT2D eigenvalue weighted by Gasteiger charge is -2.04. The van der Waals surface area contributed by atoms with Crippen molar-refractivity contribution in [3.8, 4) is 0 Å². The van der Waals surface area contributed by atoms with Crippen molar-refractivity contribution < 1.29 is 31.0 Å². The molecule has 0 unspecified atom stereocenters. The van der Waals surface area contributed by atoms with E-state index in [4.69, 9.17) is 27.8 Å². The molecule has 0 aromatic heterocycles. The molecule has 0 aliphatic carbocycles. The van der Waals surface area contributed by atoms with E-state index in [2.05, 4.69) is 5.32 Å². The van der Waals surface area contributed by atoms with E-state index in [1.165, 1.54) is 12.1 Å². The molecule has 0 saturated heterocycles. The maximum absolute atomic E-state index is 10.9. The van der Waals surface area contributed by atoms with E-state index in [-0.39, 0.29) is 11.5 Å². The summed E-state index contributed by atoms with van der Waals surface area (Å²) in [5, 5.41) is 16.3. The van der Waals surface area contributed by atoms with Crippen LogP contribution in [0, 0.1) is 0 Å². The molecule has 0 radical (unpaired) electrons. The average molecular weight is 314 g/mol. The third-order valence-electron chi connectivity index (χ3n) is 1.62. The maximum atomic E-state index is 10.9. The molecule has 0 amide bonds. The standard InChI is InChI=1S/C8H12N2O3S.H2O4S/c9-14(12,13)8-3-1-7(2-4-8)10-5-6-11;1-5(2,3)4/h1-4,10-11H,5-6H2,(H2,9,12,13);(H2,1,2,3,4). The first kappa shape index (κ1) is 17.8. The fourth-order valence-electron chi connectivity index (χ4n) is 0.963. The Labute approximate surface area is 110 Å². The zero-order chi connectivity index (χ0) is 15.1. The number of sulfonamides is 1. The van der Waals surface area contributed by atoms with Gasteiger partial charge in [-0.25, -0.2) is 13.6 Å². The molecule has 0 fully saturated rings. The highest BCUT2D eigenvalue weighted by Gasteiger charge is 2.05. The van der Waals surface area contributed by atoms with E-state index in [0.717, 1.165) is 5.69 Å². The van der Waals surface area contributed by atoms with Gasteiger partial charge in [0.1, 0.15) is 0 Å². The lowest BCUT2D eigenvalue weighted by molar-refractivity contribution is 0.311. The van der Waals surface area contributed by atoms with Crippen LogP contribution in [0.3, 0.4) is 0 Å². The van der Waals surface area contributed by atoms with Crippen LogP contribution in [0.5, 0.6) is 0 Å². The Morgan fingerprint density at radius 3 is 1.79 bits per heavy atom. The summed E-state index contributed by atoms with van der Waals surface area (Å²) in [5.74, 6) is 0. The second kappa shape index (κ2) is 7.37. The van der Waals surface area contributed by atoms with E-state index in [9.17, 15) is 8.42 Å². The van der Waals surface area contributed by atoms with Gasteiger partial charge in [0.15, 0.2) is 0 Å². The summed E-state index contributed by atoms with van der Waals surface area (Å²) < 4.78 is 53.3.